The summed E-state index contributed by atoms with van der Waals surface area (Å²) < 4.78 is 0. The van der Waals surface area contributed by atoms with Crippen LogP contribution >= 0.6 is 0 Å². The Balaban J connectivity index is 2.19. The highest BCUT2D eigenvalue weighted by atomic mass is 16.3. The quantitative estimate of drug-likeness (QED) is 0.904. The van der Waals surface area contributed by atoms with Gasteiger partial charge in [0.25, 0.3) is 5.91 Å². The molecule has 1 aromatic carbocycles. The molecule has 2 rings (SSSR count). The van der Waals surface area contributed by atoms with Crippen LogP contribution in [0.25, 0.3) is 0 Å². The lowest BCUT2D eigenvalue weighted by molar-refractivity contribution is 0.0647. The van der Waals surface area contributed by atoms with Gasteiger partial charge in [-0.15, -0.1) is 0 Å². The highest BCUT2D eigenvalue weighted by molar-refractivity contribution is 5.96. The topological polar surface area (TPSA) is 40.5 Å². The number of phenolic OH excluding ortho intramolecular Hbond substituents is 1. The molecule has 3 heteroatoms. The normalized spacial score (nSPS) is 16.3. The molecule has 0 atom stereocenters. The Hall–Kier alpha value is -1.51. The maximum absolute atomic E-state index is 12.7. The van der Waals surface area contributed by atoms with Crippen LogP contribution in [0.4, 0.5) is 0 Å². The van der Waals surface area contributed by atoms with Crippen LogP contribution in [0.2, 0.25) is 0 Å². The van der Waals surface area contributed by atoms with E-state index in [1.165, 1.54) is 19.3 Å². The molecule has 1 aliphatic carbocycles. The second kappa shape index (κ2) is 6.09. The predicted octanol–water partition coefficient (Wildman–Crippen LogP) is 3.50. The molecule has 0 heterocycles. The summed E-state index contributed by atoms with van der Waals surface area (Å²) in [7, 11) is 0. The van der Waals surface area contributed by atoms with Gasteiger partial charge in [-0.05, 0) is 50.5 Å². The number of benzene rings is 1. The maximum atomic E-state index is 12.7. The highest BCUT2D eigenvalue weighted by Crippen LogP contribution is 2.25. The molecule has 1 N–H and O–H groups in total. The summed E-state index contributed by atoms with van der Waals surface area (Å²) in [5.41, 5.74) is 1.56. The van der Waals surface area contributed by atoms with Gasteiger partial charge in [-0.1, -0.05) is 19.3 Å². The van der Waals surface area contributed by atoms with Crippen LogP contribution < -0.4 is 0 Å². The van der Waals surface area contributed by atoms with Gasteiger partial charge in [0, 0.05) is 18.2 Å². The zero-order valence-corrected chi connectivity index (χ0v) is 11.9. The third kappa shape index (κ3) is 3.09. The SMILES string of the molecule is CCN(C(=O)c1ccc(O)cc1C)C1CCCCC1. The third-order valence-corrected chi connectivity index (χ3v) is 4.06. The van der Waals surface area contributed by atoms with Gasteiger partial charge in [0.05, 0.1) is 0 Å². The van der Waals surface area contributed by atoms with E-state index in [0.29, 0.717) is 11.6 Å². The van der Waals surface area contributed by atoms with Gasteiger partial charge in [-0.25, -0.2) is 0 Å². The predicted molar refractivity (Wildman–Crippen MR) is 76.4 cm³/mol. The Labute approximate surface area is 115 Å². The minimum absolute atomic E-state index is 0.104. The van der Waals surface area contributed by atoms with E-state index >= 15 is 0 Å². The van der Waals surface area contributed by atoms with E-state index in [1.54, 1.807) is 18.2 Å². The molecule has 0 radical (unpaired) electrons. The summed E-state index contributed by atoms with van der Waals surface area (Å²) in [5, 5.41) is 9.44. The van der Waals surface area contributed by atoms with E-state index in [0.717, 1.165) is 24.9 Å². The molecule has 1 fully saturated rings. The summed E-state index contributed by atoms with van der Waals surface area (Å²) in [4.78, 5) is 14.7. The fraction of sp³-hybridized carbons (Fsp3) is 0.562. The Bertz CT molecular complexity index is 450. The van der Waals surface area contributed by atoms with Crippen LogP contribution in [-0.4, -0.2) is 28.5 Å². The maximum Gasteiger partial charge on any atom is 0.254 e. The zero-order chi connectivity index (χ0) is 13.8. The molecule has 0 spiro atoms. The first kappa shape index (κ1) is 13.9. The number of amides is 1. The summed E-state index contributed by atoms with van der Waals surface area (Å²) >= 11 is 0. The van der Waals surface area contributed by atoms with Crippen LogP contribution in [-0.2, 0) is 0 Å². The summed E-state index contributed by atoms with van der Waals surface area (Å²) in [6.45, 7) is 4.67. The highest BCUT2D eigenvalue weighted by Gasteiger charge is 2.25. The minimum Gasteiger partial charge on any atom is -0.508 e. The number of carbonyl (C=O) groups excluding carboxylic acids is 1. The van der Waals surface area contributed by atoms with Gasteiger partial charge in [-0.2, -0.15) is 0 Å². The lowest BCUT2D eigenvalue weighted by Crippen LogP contribution is -2.41. The third-order valence-electron chi connectivity index (χ3n) is 4.06. The van der Waals surface area contributed by atoms with Crippen molar-refractivity contribution in [2.45, 2.75) is 52.0 Å². The van der Waals surface area contributed by atoms with E-state index in [-0.39, 0.29) is 11.7 Å². The average molecular weight is 261 g/mol. The van der Waals surface area contributed by atoms with E-state index in [1.807, 2.05) is 18.7 Å². The number of aromatic hydroxyl groups is 1. The van der Waals surface area contributed by atoms with Crippen molar-refractivity contribution < 1.29 is 9.90 Å². The van der Waals surface area contributed by atoms with Crippen molar-refractivity contribution >= 4 is 5.91 Å². The summed E-state index contributed by atoms with van der Waals surface area (Å²) in [5.74, 6) is 0.321. The van der Waals surface area contributed by atoms with E-state index < -0.39 is 0 Å². The molecule has 3 nitrogen and oxygen atoms in total. The first-order chi connectivity index (χ1) is 9.13. The number of carbonyl (C=O) groups is 1. The van der Waals surface area contributed by atoms with E-state index in [2.05, 4.69) is 0 Å². The number of nitrogens with zero attached hydrogens (tertiary/aromatic N) is 1. The molecule has 1 saturated carbocycles. The standard InChI is InChI=1S/C16H23NO2/c1-3-17(13-7-5-4-6-8-13)16(19)15-10-9-14(18)11-12(15)2/h9-11,13,18H,3-8H2,1-2H3. The van der Waals surface area contributed by atoms with Crippen LogP contribution in [0.5, 0.6) is 5.75 Å². The lowest BCUT2D eigenvalue weighted by atomic mass is 9.93. The zero-order valence-electron chi connectivity index (χ0n) is 11.9. The monoisotopic (exact) mass is 261 g/mol. The Morgan fingerprint density at radius 2 is 2.00 bits per heavy atom. The van der Waals surface area contributed by atoms with Crippen molar-refractivity contribution in [2.24, 2.45) is 0 Å². The fourth-order valence-electron chi connectivity index (χ4n) is 3.00. The molecule has 0 aromatic heterocycles. The second-order valence-electron chi connectivity index (χ2n) is 5.38. The molecular weight excluding hydrogens is 238 g/mol. The van der Waals surface area contributed by atoms with Gasteiger partial charge >= 0.3 is 0 Å². The number of hydrogen-bond donors (Lipinski definition) is 1. The molecule has 0 saturated heterocycles. The molecular formula is C16H23NO2. The minimum atomic E-state index is 0.104. The largest absolute Gasteiger partial charge is 0.508 e. The molecule has 1 amide bonds. The van der Waals surface area contributed by atoms with Gasteiger partial charge in [-0.3, -0.25) is 4.79 Å². The molecule has 0 aliphatic heterocycles. The fourth-order valence-corrected chi connectivity index (χ4v) is 3.00. The second-order valence-corrected chi connectivity index (χ2v) is 5.38. The summed E-state index contributed by atoms with van der Waals surface area (Å²) in [6, 6.07) is 5.37. The number of hydrogen-bond acceptors (Lipinski definition) is 2. The first-order valence-corrected chi connectivity index (χ1v) is 7.24. The van der Waals surface area contributed by atoms with Gasteiger partial charge in [0.15, 0.2) is 0 Å². The van der Waals surface area contributed by atoms with Gasteiger partial charge < -0.3 is 10.0 Å². The van der Waals surface area contributed by atoms with Crippen LogP contribution in [0.1, 0.15) is 54.9 Å². The van der Waals surface area contributed by atoms with Crippen LogP contribution in [0.3, 0.4) is 0 Å². The van der Waals surface area contributed by atoms with E-state index in [9.17, 15) is 9.90 Å². The summed E-state index contributed by atoms with van der Waals surface area (Å²) in [6.07, 6.45) is 5.99. The van der Waals surface area contributed by atoms with Gasteiger partial charge in [0.2, 0.25) is 0 Å². The Morgan fingerprint density at radius 3 is 2.58 bits per heavy atom. The van der Waals surface area contributed by atoms with Crippen molar-refractivity contribution in [2.75, 3.05) is 6.54 Å². The van der Waals surface area contributed by atoms with Crippen molar-refractivity contribution in [3.05, 3.63) is 29.3 Å². The van der Waals surface area contributed by atoms with E-state index in [4.69, 9.17) is 0 Å². The molecule has 0 bridgehead atoms. The molecule has 1 aromatic rings. The average Bonchev–Trinajstić information content (AvgIpc) is 2.40. The lowest BCUT2D eigenvalue weighted by Gasteiger charge is -2.34. The van der Waals surface area contributed by atoms with Crippen molar-refractivity contribution in [3.63, 3.8) is 0 Å². The number of phenols is 1. The molecule has 19 heavy (non-hydrogen) atoms. The first-order valence-electron chi connectivity index (χ1n) is 7.24. The Morgan fingerprint density at radius 1 is 1.32 bits per heavy atom. The van der Waals surface area contributed by atoms with Crippen LogP contribution in [0, 0.1) is 6.92 Å². The van der Waals surface area contributed by atoms with Crippen molar-refractivity contribution in [1.29, 1.82) is 0 Å². The number of rotatable bonds is 3. The van der Waals surface area contributed by atoms with Crippen molar-refractivity contribution in [1.82, 2.24) is 4.90 Å². The van der Waals surface area contributed by atoms with Crippen molar-refractivity contribution in [3.8, 4) is 5.75 Å². The van der Waals surface area contributed by atoms with Gasteiger partial charge in [0.1, 0.15) is 5.75 Å². The Kier molecular flexibility index (Phi) is 4.46. The molecule has 1 aliphatic rings. The molecule has 0 unspecified atom stereocenters. The smallest absolute Gasteiger partial charge is 0.254 e. The van der Waals surface area contributed by atoms with Crippen LogP contribution in [0.15, 0.2) is 18.2 Å². The number of aryl methyl sites for hydroxylation is 1. The molecule has 104 valence electrons.